The molecule has 0 aliphatic heterocycles. The van der Waals surface area contributed by atoms with Crippen molar-refractivity contribution in [2.24, 2.45) is 0 Å². The first kappa shape index (κ1) is 22.0. The highest BCUT2D eigenvalue weighted by Gasteiger charge is 2.21. The molecule has 8 rings (SSSR count). The maximum absolute atomic E-state index is 6.58. The third-order valence-corrected chi connectivity index (χ3v) is 7.95. The third-order valence-electron chi connectivity index (χ3n) is 7.95. The molecule has 0 radical (unpaired) electrons. The zero-order chi connectivity index (χ0) is 25.9. The summed E-state index contributed by atoms with van der Waals surface area (Å²) >= 11 is 0. The number of furan rings is 1. The Morgan fingerprint density at radius 1 is 0.487 bits per heavy atom. The zero-order valence-electron chi connectivity index (χ0n) is 21.4. The summed E-state index contributed by atoms with van der Waals surface area (Å²) in [5, 5.41) is 9.47. The molecule has 39 heavy (non-hydrogen) atoms. The Hall–Kier alpha value is -5.08. The number of methoxy groups -OCH3 is 1. The molecule has 0 aliphatic carbocycles. The molecule has 0 saturated heterocycles. The van der Waals surface area contributed by atoms with Crippen LogP contribution in [0.3, 0.4) is 0 Å². The minimum absolute atomic E-state index is 0.843. The largest absolute Gasteiger partial charge is 0.497 e. The predicted molar refractivity (Wildman–Crippen MR) is 164 cm³/mol. The number of benzene rings is 7. The van der Waals surface area contributed by atoms with E-state index in [9.17, 15) is 0 Å². The fraction of sp³-hybridized carbons (Fsp3) is 0.0270. The van der Waals surface area contributed by atoms with E-state index in [0.29, 0.717) is 0 Å². The zero-order valence-corrected chi connectivity index (χ0v) is 21.4. The fourth-order valence-corrected chi connectivity index (χ4v) is 6.16. The lowest BCUT2D eigenvalue weighted by Gasteiger charge is -2.19. The van der Waals surface area contributed by atoms with Gasteiger partial charge >= 0.3 is 0 Å². The van der Waals surface area contributed by atoms with Gasteiger partial charge in [-0.05, 0) is 79.5 Å². The SMILES string of the molecule is COc1ccc(-c2c(-c3ccc4ccccc4c3)c3ccccc3c3c2ccc2c4ccccc4oc23)cc1. The van der Waals surface area contributed by atoms with Crippen molar-refractivity contribution < 1.29 is 9.15 Å². The Labute approximate surface area is 225 Å². The summed E-state index contributed by atoms with van der Waals surface area (Å²) in [4.78, 5) is 0. The van der Waals surface area contributed by atoms with Crippen molar-refractivity contribution in [2.75, 3.05) is 7.11 Å². The molecule has 7 aromatic carbocycles. The molecule has 0 unspecified atom stereocenters. The van der Waals surface area contributed by atoms with Crippen molar-refractivity contribution in [3.63, 3.8) is 0 Å². The lowest BCUT2D eigenvalue weighted by Crippen LogP contribution is -1.92. The second kappa shape index (κ2) is 8.47. The number of ether oxygens (including phenoxy) is 1. The summed E-state index contributed by atoms with van der Waals surface area (Å²) < 4.78 is 12.1. The maximum Gasteiger partial charge on any atom is 0.143 e. The average Bonchev–Trinajstić information content (AvgIpc) is 3.39. The van der Waals surface area contributed by atoms with Gasteiger partial charge < -0.3 is 9.15 Å². The molecule has 0 aliphatic rings. The molecule has 1 aromatic heterocycles. The van der Waals surface area contributed by atoms with Crippen LogP contribution in [-0.4, -0.2) is 7.11 Å². The van der Waals surface area contributed by atoms with Crippen LogP contribution in [0.4, 0.5) is 0 Å². The molecule has 1 heterocycles. The second-order valence-electron chi connectivity index (χ2n) is 10.0. The minimum Gasteiger partial charge on any atom is -0.497 e. The predicted octanol–water partition coefficient (Wildman–Crippen LogP) is 10.4. The van der Waals surface area contributed by atoms with Crippen LogP contribution in [0.1, 0.15) is 0 Å². The van der Waals surface area contributed by atoms with Gasteiger partial charge in [-0.3, -0.25) is 0 Å². The Morgan fingerprint density at radius 2 is 1.13 bits per heavy atom. The van der Waals surface area contributed by atoms with E-state index in [2.05, 4.69) is 109 Å². The van der Waals surface area contributed by atoms with E-state index in [1.807, 2.05) is 18.2 Å². The summed E-state index contributed by atoms with van der Waals surface area (Å²) in [5.41, 5.74) is 6.61. The quantitative estimate of drug-likeness (QED) is 0.225. The normalized spacial score (nSPS) is 11.7. The van der Waals surface area contributed by atoms with Gasteiger partial charge in [-0.1, -0.05) is 97.1 Å². The Bertz CT molecular complexity index is 2200. The first-order chi connectivity index (χ1) is 19.3. The van der Waals surface area contributed by atoms with Crippen LogP contribution in [0.5, 0.6) is 5.75 Å². The van der Waals surface area contributed by atoms with Gasteiger partial charge in [-0.2, -0.15) is 0 Å². The van der Waals surface area contributed by atoms with Gasteiger partial charge in [-0.15, -0.1) is 0 Å². The molecule has 0 bridgehead atoms. The van der Waals surface area contributed by atoms with Crippen LogP contribution in [0, 0.1) is 0 Å². The number of para-hydroxylation sites is 1. The average molecular weight is 501 g/mol. The smallest absolute Gasteiger partial charge is 0.143 e. The number of hydrogen-bond donors (Lipinski definition) is 0. The first-order valence-corrected chi connectivity index (χ1v) is 13.2. The van der Waals surface area contributed by atoms with Gasteiger partial charge in [0.05, 0.1) is 7.11 Å². The van der Waals surface area contributed by atoms with Gasteiger partial charge in [0.2, 0.25) is 0 Å². The lowest BCUT2D eigenvalue weighted by atomic mass is 9.84. The van der Waals surface area contributed by atoms with Gasteiger partial charge in [0.1, 0.15) is 16.9 Å². The topological polar surface area (TPSA) is 22.4 Å². The Balaban J connectivity index is 1.59. The van der Waals surface area contributed by atoms with E-state index in [4.69, 9.17) is 9.15 Å². The van der Waals surface area contributed by atoms with Crippen molar-refractivity contribution >= 4 is 54.3 Å². The second-order valence-corrected chi connectivity index (χ2v) is 10.0. The number of hydrogen-bond acceptors (Lipinski definition) is 2. The summed E-state index contributed by atoms with van der Waals surface area (Å²) in [5.74, 6) is 0.843. The number of fused-ring (bicyclic) bond motifs is 8. The van der Waals surface area contributed by atoms with Gasteiger partial charge in [0.15, 0.2) is 0 Å². The van der Waals surface area contributed by atoms with Crippen LogP contribution in [0.15, 0.2) is 132 Å². The van der Waals surface area contributed by atoms with Crippen LogP contribution < -0.4 is 4.74 Å². The van der Waals surface area contributed by atoms with E-state index in [0.717, 1.165) is 38.6 Å². The highest BCUT2D eigenvalue weighted by molar-refractivity contribution is 6.29. The molecule has 0 atom stereocenters. The number of rotatable bonds is 3. The van der Waals surface area contributed by atoms with Crippen LogP contribution >= 0.6 is 0 Å². The Kier molecular flexibility index (Phi) is 4.77. The summed E-state index contributed by atoms with van der Waals surface area (Å²) in [7, 11) is 1.71. The monoisotopic (exact) mass is 500 g/mol. The molecule has 8 aromatic rings. The summed E-state index contributed by atoms with van der Waals surface area (Å²) in [6.07, 6.45) is 0. The molecular formula is C37H24O2. The van der Waals surface area contributed by atoms with Gasteiger partial charge in [-0.25, -0.2) is 0 Å². The highest BCUT2D eigenvalue weighted by Crippen LogP contribution is 2.48. The standard InChI is InChI=1S/C37H24O2/c1-38-27-18-16-24(17-19-27)34-32-21-20-31-28-10-6-7-13-33(28)39-37(31)36(32)30-12-5-4-11-29(30)35(34)26-15-14-23-8-2-3-9-25(23)22-26/h2-22H,1H3. The van der Waals surface area contributed by atoms with E-state index >= 15 is 0 Å². The molecule has 2 nitrogen and oxygen atoms in total. The lowest BCUT2D eigenvalue weighted by molar-refractivity contribution is 0.415. The van der Waals surface area contributed by atoms with E-state index in [1.165, 1.54) is 43.6 Å². The third kappa shape index (κ3) is 3.28. The molecule has 0 amide bonds. The van der Waals surface area contributed by atoms with Crippen LogP contribution in [-0.2, 0) is 0 Å². The summed E-state index contributed by atoms with van der Waals surface area (Å²) in [6.45, 7) is 0. The van der Waals surface area contributed by atoms with Crippen LogP contribution in [0.2, 0.25) is 0 Å². The van der Waals surface area contributed by atoms with E-state index < -0.39 is 0 Å². The fourth-order valence-electron chi connectivity index (χ4n) is 6.16. The highest BCUT2D eigenvalue weighted by atomic mass is 16.5. The van der Waals surface area contributed by atoms with Crippen molar-refractivity contribution in [2.45, 2.75) is 0 Å². The van der Waals surface area contributed by atoms with Gasteiger partial charge in [0, 0.05) is 16.2 Å². The molecular weight excluding hydrogens is 476 g/mol. The van der Waals surface area contributed by atoms with Crippen molar-refractivity contribution in [1.82, 2.24) is 0 Å². The van der Waals surface area contributed by atoms with Crippen molar-refractivity contribution in [3.05, 3.63) is 127 Å². The van der Waals surface area contributed by atoms with E-state index in [-0.39, 0.29) is 0 Å². The maximum atomic E-state index is 6.58. The first-order valence-electron chi connectivity index (χ1n) is 13.2. The molecule has 184 valence electrons. The molecule has 2 heteroatoms. The van der Waals surface area contributed by atoms with Gasteiger partial charge in [0.25, 0.3) is 0 Å². The van der Waals surface area contributed by atoms with Crippen molar-refractivity contribution in [1.29, 1.82) is 0 Å². The summed E-state index contributed by atoms with van der Waals surface area (Å²) in [6, 6.07) is 45.3. The van der Waals surface area contributed by atoms with E-state index in [1.54, 1.807) is 7.11 Å². The minimum atomic E-state index is 0.843. The molecule has 0 saturated carbocycles. The molecule has 0 fully saturated rings. The van der Waals surface area contributed by atoms with Crippen molar-refractivity contribution in [3.8, 4) is 28.0 Å². The Morgan fingerprint density at radius 3 is 1.95 bits per heavy atom. The molecule has 0 spiro atoms. The van der Waals surface area contributed by atoms with Crippen LogP contribution in [0.25, 0.3) is 76.5 Å². The molecule has 0 N–H and O–H groups in total.